The van der Waals surface area contributed by atoms with Gasteiger partial charge in [0.2, 0.25) is 0 Å². The first-order valence-electron chi connectivity index (χ1n) is 13.8. The topological polar surface area (TPSA) is 73.5 Å². The van der Waals surface area contributed by atoms with Crippen molar-refractivity contribution in [3.63, 3.8) is 0 Å². The maximum atomic E-state index is 12.9. The summed E-state index contributed by atoms with van der Waals surface area (Å²) in [6, 6.07) is 7.20. The molecule has 0 spiro atoms. The maximum absolute atomic E-state index is 12.9. The van der Waals surface area contributed by atoms with Crippen LogP contribution in [0.3, 0.4) is 0 Å². The van der Waals surface area contributed by atoms with Crippen molar-refractivity contribution in [2.45, 2.75) is 51.6 Å². The number of carbonyl (C=O) groups excluding carboxylic acids is 1. The number of amides is 2. The third kappa shape index (κ3) is 5.33. The molecule has 37 heavy (non-hydrogen) atoms. The molecule has 5 heterocycles. The molecule has 1 aliphatic carbocycles. The van der Waals surface area contributed by atoms with E-state index in [4.69, 9.17) is 9.72 Å². The summed E-state index contributed by atoms with van der Waals surface area (Å²) < 4.78 is 5.49. The molecule has 1 atom stereocenters. The highest BCUT2D eigenvalue weighted by Gasteiger charge is 2.28. The third-order valence-electron chi connectivity index (χ3n) is 8.15. The molecule has 2 aliphatic heterocycles. The molecule has 6 rings (SSSR count). The molecular weight excluding hydrogens is 482 g/mol. The van der Waals surface area contributed by atoms with Gasteiger partial charge in [0.15, 0.2) is 0 Å². The van der Waals surface area contributed by atoms with Crippen molar-refractivity contribution < 1.29 is 9.53 Å². The van der Waals surface area contributed by atoms with Crippen LogP contribution in [0, 0.1) is 5.92 Å². The van der Waals surface area contributed by atoms with E-state index >= 15 is 0 Å². The number of nitrogens with one attached hydrogen (secondary N) is 2. The number of rotatable bonds is 6. The molecule has 0 radical (unpaired) electrons. The van der Waals surface area contributed by atoms with Crippen molar-refractivity contribution in [2.24, 2.45) is 5.92 Å². The predicted molar refractivity (Wildman–Crippen MR) is 150 cm³/mol. The van der Waals surface area contributed by atoms with Crippen molar-refractivity contribution in [1.82, 2.24) is 25.1 Å². The normalized spacial score (nSPS) is 21.5. The van der Waals surface area contributed by atoms with Gasteiger partial charge < -0.3 is 19.9 Å². The van der Waals surface area contributed by atoms with Crippen molar-refractivity contribution in [3.8, 4) is 10.4 Å². The number of urea groups is 1. The van der Waals surface area contributed by atoms with Crippen LogP contribution in [0.15, 0.2) is 36.7 Å². The SMILES string of the molecule is CCC1CN(C(=O)NC2CCCC2)CC=C1c1c[nH]c2ncc(-c3ccc(CN4CCOCC4)s3)cc12. The largest absolute Gasteiger partial charge is 0.379 e. The van der Waals surface area contributed by atoms with E-state index in [1.807, 2.05) is 22.4 Å². The van der Waals surface area contributed by atoms with Crippen LogP contribution in [0.25, 0.3) is 27.0 Å². The van der Waals surface area contributed by atoms with E-state index < -0.39 is 0 Å². The van der Waals surface area contributed by atoms with Crippen molar-refractivity contribution in [2.75, 3.05) is 39.4 Å². The van der Waals surface area contributed by atoms with Crippen LogP contribution in [0.5, 0.6) is 0 Å². The number of morpholine rings is 1. The van der Waals surface area contributed by atoms with Gasteiger partial charge in [-0.2, -0.15) is 0 Å². The molecular formula is C29H37N5O2S. The van der Waals surface area contributed by atoms with Gasteiger partial charge in [0.05, 0.1) is 13.2 Å². The smallest absolute Gasteiger partial charge is 0.317 e. The summed E-state index contributed by atoms with van der Waals surface area (Å²) in [5, 5.41) is 4.42. The lowest BCUT2D eigenvalue weighted by Gasteiger charge is -2.33. The predicted octanol–water partition coefficient (Wildman–Crippen LogP) is 5.50. The number of aromatic nitrogens is 2. The molecule has 1 saturated carbocycles. The molecule has 1 unspecified atom stereocenters. The van der Waals surface area contributed by atoms with Crippen molar-refractivity contribution in [1.29, 1.82) is 0 Å². The molecule has 7 nitrogen and oxygen atoms in total. The highest BCUT2D eigenvalue weighted by atomic mass is 32.1. The van der Waals surface area contributed by atoms with Crippen LogP contribution < -0.4 is 5.32 Å². The number of fused-ring (bicyclic) bond motifs is 1. The van der Waals surface area contributed by atoms with Crippen molar-refractivity contribution >= 4 is 34.0 Å². The summed E-state index contributed by atoms with van der Waals surface area (Å²) >= 11 is 1.86. The average Bonchev–Trinajstić information content (AvgIpc) is 3.70. The Morgan fingerprint density at radius 3 is 2.89 bits per heavy atom. The first kappa shape index (κ1) is 24.6. The van der Waals surface area contributed by atoms with Crippen LogP contribution in [-0.2, 0) is 11.3 Å². The summed E-state index contributed by atoms with van der Waals surface area (Å²) in [6.07, 6.45) is 12.0. The first-order valence-corrected chi connectivity index (χ1v) is 14.6. The molecule has 8 heteroatoms. The fourth-order valence-corrected chi connectivity index (χ4v) is 7.00. The van der Waals surface area contributed by atoms with Gasteiger partial charge in [-0.05, 0) is 43.0 Å². The highest BCUT2D eigenvalue weighted by Crippen LogP contribution is 2.37. The lowest BCUT2D eigenvalue weighted by molar-refractivity contribution is 0.0346. The van der Waals surface area contributed by atoms with Gasteiger partial charge in [-0.3, -0.25) is 4.90 Å². The Kier molecular flexibility index (Phi) is 7.31. The fraction of sp³-hybridized carbons (Fsp3) is 0.517. The summed E-state index contributed by atoms with van der Waals surface area (Å²) in [5.41, 5.74) is 4.63. The standard InChI is InChI=1S/C29H37N5O2S/c1-2-20-18-34(29(35)32-22-5-3-4-6-22)10-9-24(20)26-17-31-28-25(26)15-21(16-30-28)27-8-7-23(37-27)19-33-11-13-36-14-12-33/h7-9,15-17,20,22H,2-6,10-14,18-19H2,1H3,(H,30,31)(H,32,35). The molecule has 2 fully saturated rings. The number of nitrogens with zero attached hydrogens (tertiary/aromatic N) is 3. The molecule has 3 aliphatic rings. The summed E-state index contributed by atoms with van der Waals surface area (Å²) in [4.78, 5) is 28.1. The Labute approximate surface area is 222 Å². The molecule has 0 aromatic carbocycles. The minimum absolute atomic E-state index is 0.0918. The molecule has 3 aromatic rings. The quantitative estimate of drug-likeness (QED) is 0.451. The highest BCUT2D eigenvalue weighted by molar-refractivity contribution is 7.15. The second-order valence-corrected chi connectivity index (χ2v) is 11.7. The lowest BCUT2D eigenvalue weighted by atomic mass is 9.87. The number of hydrogen-bond acceptors (Lipinski definition) is 5. The van der Waals surface area contributed by atoms with Crippen LogP contribution in [0.2, 0.25) is 0 Å². The van der Waals surface area contributed by atoms with E-state index in [-0.39, 0.29) is 6.03 Å². The lowest BCUT2D eigenvalue weighted by Crippen LogP contribution is -2.47. The van der Waals surface area contributed by atoms with Crippen molar-refractivity contribution in [3.05, 3.63) is 47.1 Å². The van der Waals surface area contributed by atoms with Gasteiger partial charge >= 0.3 is 6.03 Å². The minimum Gasteiger partial charge on any atom is -0.379 e. The fourth-order valence-electron chi connectivity index (χ4n) is 5.97. The second-order valence-electron chi connectivity index (χ2n) is 10.6. The number of H-pyrrole nitrogens is 1. The second kappa shape index (κ2) is 11.0. The molecule has 2 amide bonds. The summed E-state index contributed by atoms with van der Waals surface area (Å²) in [5.74, 6) is 0.313. The van der Waals surface area contributed by atoms with E-state index in [0.717, 1.165) is 75.3 Å². The summed E-state index contributed by atoms with van der Waals surface area (Å²) in [6.45, 7) is 8.27. The molecule has 2 N–H and O–H groups in total. The minimum atomic E-state index is 0.0918. The Morgan fingerprint density at radius 2 is 2.08 bits per heavy atom. The van der Waals surface area contributed by atoms with Gasteiger partial charge in [-0.25, -0.2) is 9.78 Å². The number of hydrogen-bond donors (Lipinski definition) is 2. The Morgan fingerprint density at radius 1 is 1.24 bits per heavy atom. The average molecular weight is 520 g/mol. The first-order chi connectivity index (χ1) is 18.2. The molecule has 1 saturated heterocycles. The monoisotopic (exact) mass is 519 g/mol. The van der Waals surface area contributed by atoms with Gasteiger partial charge in [-0.1, -0.05) is 25.8 Å². The van der Waals surface area contributed by atoms with E-state index in [2.05, 4.69) is 52.6 Å². The van der Waals surface area contributed by atoms with Gasteiger partial charge in [0.1, 0.15) is 5.65 Å². The van der Waals surface area contributed by atoms with E-state index in [1.54, 1.807) is 0 Å². The molecule has 3 aromatic heterocycles. The maximum Gasteiger partial charge on any atom is 0.317 e. The Balaban J connectivity index is 1.21. The van der Waals surface area contributed by atoms with Gasteiger partial charge in [0, 0.05) is 83.3 Å². The zero-order chi connectivity index (χ0) is 25.2. The van der Waals surface area contributed by atoms with Crippen LogP contribution in [0.1, 0.15) is 49.5 Å². The Hall–Kier alpha value is -2.68. The number of ether oxygens (including phenoxy) is 1. The number of pyridine rings is 1. The van der Waals surface area contributed by atoms with E-state index in [9.17, 15) is 4.79 Å². The van der Waals surface area contributed by atoms with Crippen LogP contribution >= 0.6 is 11.3 Å². The van der Waals surface area contributed by atoms with Gasteiger partial charge in [-0.15, -0.1) is 11.3 Å². The van der Waals surface area contributed by atoms with Crippen LogP contribution in [0.4, 0.5) is 4.79 Å². The molecule has 196 valence electrons. The number of aromatic amines is 1. The van der Waals surface area contributed by atoms with Crippen LogP contribution in [-0.4, -0.2) is 71.2 Å². The third-order valence-corrected chi connectivity index (χ3v) is 9.27. The Bertz CT molecular complexity index is 1270. The zero-order valence-electron chi connectivity index (χ0n) is 21.7. The number of carbonyl (C=O) groups is 1. The van der Waals surface area contributed by atoms with E-state index in [1.165, 1.54) is 33.7 Å². The van der Waals surface area contributed by atoms with Gasteiger partial charge in [0.25, 0.3) is 0 Å². The summed E-state index contributed by atoms with van der Waals surface area (Å²) in [7, 11) is 0. The zero-order valence-corrected chi connectivity index (χ0v) is 22.5. The molecule has 0 bridgehead atoms. The number of thiophene rings is 1. The van der Waals surface area contributed by atoms with E-state index in [0.29, 0.717) is 18.5 Å².